The Morgan fingerprint density at radius 2 is 1.91 bits per heavy atom. The van der Waals surface area contributed by atoms with Crippen LogP contribution in [0, 0.1) is 0 Å². The molecule has 3 atom stereocenters. The number of unbranched alkanes of at least 4 members (excludes halogenated alkanes) is 1. The predicted molar refractivity (Wildman–Crippen MR) is 88.7 cm³/mol. The zero-order chi connectivity index (χ0) is 15.5. The van der Waals surface area contributed by atoms with Crippen LogP contribution < -0.4 is 0 Å². The van der Waals surface area contributed by atoms with Gasteiger partial charge in [-0.05, 0) is 42.3 Å². The van der Waals surface area contributed by atoms with Crippen molar-refractivity contribution in [2.24, 2.45) is 0 Å². The third-order valence-electron chi connectivity index (χ3n) is 4.34. The average Bonchev–Trinajstić information content (AvgIpc) is 3.27. The fourth-order valence-corrected chi connectivity index (χ4v) is 3.15. The highest BCUT2D eigenvalue weighted by molar-refractivity contribution is 5.85. The molecule has 0 radical (unpaired) electrons. The Labute approximate surface area is 131 Å². The molecule has 0 saturated carbocycles. The van der Waals surface area contributed by atoms with Gasteiger partial charge in [0.25, 0.3) is 0 Å². The highest BCUT2D eigenvalue weighted by Crippen LogP contribution is 2.44. The molecule has 0 spiro atoms. The number of ether oxygens (including phenoxy) is 1. The van der Waals surface area contributed by atoms with Crippen molar-refractivity contribution in [3.05, 3.63) is 48.0 Å². The summed E-state index contributed by atoms with van der Waals surface area (Å²) in [6.07, 6.45) is 2.25. The number of benzene rings is 2. The van der Waals surface area contributed by atoms with Gasteiger partial charge in [0, 0.05) is 0 Å². The maximum absolute atomic E-state index is 12.2. The lowest BCUT2D eigenvalue weighted by Gasteiger charge is -2.04. The molecule has 1 aliphatic rings. The van der Waals surface area contributed by atoms with E-state index in [1.165, 1.54) is 16.3 Å². The molecule has 0 aliphatic carbocycles. The van der Waals surface area contributed by atoms with Crippen LogP contribution in [0.25, 0.3) is 10.8 Å². The third-order valence-corrected chi connectivity index (χ3v) is 4.34. The molecule has 2 aromatic rings. The standard InChI is InChI=1S/C19H23NO2/c1-3-5-12-20-17(18(20)19(21)22-4-2)16-11-10-14-8-6-7-9-15(14)13-16/h6-11,13,17-18H,3-5,12H2,1-2H3. The first kappa shape index (κ1) is 15.0. The highest BCUT2D eigenvalue weighted by atomic mass is 16.5. The van der Waals surface area contributed by atoms with Crippen LogP contribution in [-0.4, -0.2) is 30.1 Å². The molecule has 0 bridgehead atoms. The maximum atomic E-state index is 12.2. The van der Waals surface area contributed by atoms with Crippen molar-refractivity contribution in [2.75, 3.05) is 13.2 Å². The Bertz CT molecular complexity index is 667. The second-order valence-corrected chi connectivity index (χ2v) is 5.84. The molecule has 3 rings (SSSR count). The molecule has 1 heterocycles. The van der Waals surface area contributed by atoms with Crippen LogP contribution in [-0.2, 0) is 9.53 Å². The van der Waals surface area contributed by atoms with Crippen LogP contribution in [0.4, 0.5) is 0 Å². The summed E-state index contributed by atoms with van der Waals surface area (Å²) >= 11 is 0. The highest BCUT2D eigenvalue weighted by Gasteiger charge is 2.53. The number of hydrogen-bond acceptors (Lipinski definition) is 3. The van der Waals surface area contributed by atoms with E-state index in [1.807, 2.05) is 13.0 Å². The molecule has 3 nitrogen and oxygen atoms in total. The summed E-state index contributed by atoms with van der Waals surface area (Å²) in [5.41, 5.74) is 1.22. The number of hydrogen-bond donors (Lipinski definition) is 0. The van der Waals surface area contributed by atoms with Crippen molar-refractivity contribution in [3.8, 4) is 0 Å². The van der Waals surface area contributed by atoms with Gasteiger partial charge in [-0.15, -0.1) is 0 Å². The number of carbonyl (C=O) groups excluding carboxylic acids is 1. The van der Waals surface area contributed by atoms with Crippen molar-refractivity contribution >= 4 is 16.7 Å². The van der Waals surface area contributed by atoms with E-state index < -0.39 is 0 Å². The first-order chi connectivity index (χ1) is 10.8. The molecule has 0 aromatic heterocycles. The van der Waals surface area contributed by atoms with E-state index in [2.05, 4.69) is 48.2 Å². The second kappa shape index (κ2) is 6.49. The molecule has 1 aliphatic heterocycles. The minimum Gasteiger partial charge on any atom is -0.465 e. The maximum Gasteiger partial charge on any atom is 0.325 e. The van der Waals surface area contributed by atoms with Gasteiger partial charge in [0.15, 0.2) is 0 Å². The molecule has 0 amide bonds. The summed E-state index contributed by atoms with van der Waals surface area (Å²) < 4.78 is 5.23. The van der Waals surface area contributed by atoms with Crippen LogP contribution >= 0.6 is 0 Å². The second-order valence-electron chi connectivity index (χ2n) is 5.84. The van der Waals surface area contributed by atoms with Crippen molar-refractivity contribution in [1.29, 1.82) is 0 Å². The lowest BCUT2D eigenvalue weighted by molar-refractivity contribution is -0.143. The van der Waals surface area contributed by atoms with E-state index in [4.69, 9.17) is 4.74 Å². The van der Waals surface area contributed by atoms with Crippen molar-refractivity contribution in [1.82, 2.24) is 4.90 Å². The van der Waals surface area contributed by atoms with E-state index in [9.17, 15) is 4.79 Å². The van der Waals surface area contributed by atoms with Gasteiger partial charge in [-0.2, -0.15) is 0 Å². The van der Waals surface area contributed by atoms with Gasteiger partial charge in [-0.1, -0.05) is 49.7 Å². The van der Waals surface area contributed by atoms with Crippen LogP contribution in [0.15, 0.2) is 42.5 Å². The van der Waals surface area contributed by atoms with Gasteiger partial charge in [0.05, 0.1) is 12.6 Å². The summed E-state index contributed by atoms with van der Waals surface area (Å²) in [6, 6.07) is 14.9. The summed E-state index contributed by atoms with van der Waals surface area (Å²) in [6.45, 7) is 5.44. The van der Waals surface area contributed by atoms with Gasteiger partial charge in [0.2, 0.25) is 0 Å². The molecule has 2 aromatic carbocycles. The van der Waals surface area contributed by atoms with Gasteiger partial charge in [-0.3, -0.25) is 9.69 Å². The Morgan fingerprint density at radius 1 is 1.14 bits per heavy atom. The van der Waals surface area contributed by atoms with Crippen molar-refractivity contribution < 1.29 is 9.53 Å². The number of carbonyl (C=O) groups is 1. The first-order valence-electron chi connectivity index (χ1n) is 8.17. The predicted octanol–water partition coefficient (Wildman–Crippen LogP) is 3.93. The summed E-state index contributed by atoms with van der Waals surface area (Å²) in [5, 5.41) is 2.46. The molecule has 1 fully saturated rings. The molecular weight excluding hydrogens is 274 g/mol. The largest absolute Gasteiger partial charge is 0.465 e. The fraction of sp³-hybridized carbons (Fsp3) is 0.421. The summed E-state index contributed by atoms with van der Waals surface area (Å²) in [4.78, 5) is 14.4. The van der Waals surface area contributed by atoms with Gasteiger partial charge >= 0.3 is 5.97 Å². The Kier molecular flexibility index (Phi) is 4.44. The fourth-order valence-electron chi connectivity index (χ4n) is 3.15. The van der Waals surface area contributed by atoms with Gasteiger partial charge in [-0.25, -0.2) is 0 Å². The molecule has 3 unspecified atom stereocenters. The SMILES string of the molecule is CCCCN1C(C(=O)OCC)C1c1ccc2ccccc2c1. The van der Waals surface area contributed by atoms with Gasteiger partial charge in [0.1, 0.15) is 6.04 Å². The molecule has 22 heavy (non-hydrogen) atoms. The van der Waals surface area contributed by atoms with Crippen LogP contribution in [0.3, 0.4) is 0 Å². The van der Waals surface area contributed by atoms with E-state index in [1.54, 1.807) is 0 Å². The van der Waals surface area contributed by atoms with Crippen LogP contribution in [0.1, 0.15) is 38.3 Å². The Balaban J connectivity index is 1.84. The monoisotopic (exact) mass is 297 g/mol. The minimum absolute atomic E-state index is 0.0863. The Hall–Kier alpha value is -1.87. The molecule has 0 N–H and O–H groups in total. The smallest absolute Gasteiger partial charge is 0.325 e. The summed E-state index contributed by atoms with van der Waals surface area (Å²) in [5.74, 6) is -0.0863. The van der Waals surface area contributed by atoms with Crippen molar-refractivity contribution in [2.45, 2.75) is 38.8 Å². The number of rotatable bonds is 6. The third kappa shape index (κ3) is 2.86. The zero-order valence-corrected chi connectivity index (χ0v) is 13.3. The topological polar surface area (TPSA) is 29.3 Å². The average molecular weight is 297 g/mol. The summed E-state index contributed by atoms with van der Waals surface area (Å²) in [7, 11) is 0. The van der Waals surface area contributed by atoms with E-state index in [0.29, 0.717) is 6.61 Å². The molecular formula is C19H23NO2. The lowest BCUT2D eigenvalue weighted by Crippen LogP contribution is -2.16. The van der Waals surface area contributed by atoms with Gasteiger partial charge < -0.3 is 4.74 Å². The molecule has 116 valence electrons. The van der Waals surface area contributed by atoms with Crippen LogP contribution in [0.5, 0.6) is 0 Å². The quantitative estimate of drug-likeness (QED) is 0.597. The molecule has 3 heteroatoms. The zero-order valence-electron chi connectivity index (χ0n) is 13.3. The van der Waals surface area contributed by atoms with Crippen molar-refractivity contribution in [3.63, 3.8) is 0 Å². The number of fused-ring (bicyclic) bond motifs is 1. The number of nitrogens with zero attached hydrogens (tertiary/aromatic N) is 1. The van der Waals surface area contributed by atoms with E-state index in [0.717, 1.165) is 19.4 Å². The van der Waals surface area contributed by atoms with E-state index >= 15 is 0 Å². The molecule has 1 saturated heterocycles. The van der Waals surface area contributed by atoms with Crippen LogP contribution in [0.2, 0.25) is 0 Å². The minimum atomic E-state index is -0.104. The normalized spacial score (nSPS) is 23.5. The Morgan fingerprint density at radius 3 is 2.64 bits per heavy atom. The lowest BCUT2D eigenvalue weighted by atomic mass is 10.0. The van der Waals surface area contributed by atoms with E-state index in [-0.39, 0.29) is 18.1 Å². The number of esters is 1. The first-order valence-corrected chi connectivity index (χ1v) is 8.17.